The molecule has 2 heterocycles. The fourth-order valence-corrected chi connectivity index (χ4v) is 3.43. The highest BCUT2D eigenvalue weighted by Gasteiger charge is 2.19. The van der Waals surface area contributed by atoms with Crippen molar-refractivity contribution in [2.45, 2.75) is 13.0 Å². The Bertz CT molecular complexity index is 908. The molecule has 6 nitrogen and oxygen atoms in total. The van der Waals surface area contributed by atoms with Gasteiger partial charge in [0.05, 0.1) is 6.54 Å². The van der Waals surface area contributed by atoms with Crippen molar-refractivity contribution in [2.75, 3.05) is 36.8 Å². The monoisotopic (exact) mass is 378 g/mol. The number of halogens is 1. The molecule has 0 aliphatic carbocycles. The number of nitrogen functional groups attached to an aromatic ring is 1. The second kappa shape index (κ2) is 8.31. The number of hydrogen-bond acceptors (Lipinski definition) is 6. The number of hydrogen-bond donors (Lipinski definition) is 1. The van der Waals surface area contributed by atoms with Gasteiger partial charge in [0.1, 0.15) is 17.5 Å². The predicted octanol–water partition coefficient (Wildman–Crippen LogP) is 2.51. The Balaban J connectivity index is 1.37. The molecule has 0 saturated carbocycles. The molecule has 0 atom stereocenters. The highest BCUT2D eigenvalue weighted by atomic mass is 19.1. The minimum absolute atomic E-state index is 0.207. The molecule has 7 heteroatoms. The molecule has 1 aromatic heterocycles. The van der Waals surface area contributed by atoms with Crippen molar-refractivity contribution in [1.82, 2.24) is 19.9 Å². The third-order valence-electron chi connectivity index (χ3n) is 4.88. The van der Waals surface area contributed by atoms with Gasteiger partial charge >= 0.3 is 0 Å². The van der Waals surface area contributed by atoms with Crippen molar-refractivity contribution in [2.24, 2.45) is 0 Å². The summed E-state index contributed by atoms with van der Waals surface area (Å²) in [7, 11) is 0. The third-order valence-corrected chi connectivity index (χ3v) is 4.88. The number of aromatic nitrogens is 3. The van der Waals surface area contributed by atoms with Crippen molar-refractivity contribution in [3.63, 3.8) is 0 Å². The van der Waals surface area contributed by atoms with Crippen LogP contribution in [0.15, 0.2) is 54.6 Å². The van der Waals surface area contributed by atoms with Gasteiger partial charge in [0.15, 0.2) is 0 Å². The SMILES string of the molecule is Nc1nc(Cc2ccccc2)nc(CN2CCN(c3ccc(F)cc3)CC2)n1. The van der Waals surface area contributed by atoms with Crippen molar-refractivity contribution in [1.29, 1.82) is 0 Å². The molecule has 28 heavy (non-hydrogen) atoms. The molecule has 1 aliphatic heterocycles. The van der Waals surface area contributed by atoms with Crippen LogP contribution in [0.2, 0.25) is 0 Å². The molecule has 1 fully saturated rings. The lowest BCUT2D eigenvalue weighted by atomic mass is 10.1. The van der Waals surface area contributed by atoms with E-state index in [1.165, 1.54) is 12.1 Å². The number of anilines is 2. The molecule has 0 bridgehead atoms. The molecule has 0 unspecified atom stereocenters. The zero-order valence-electron chi connectivity index (χ0n) is 15.6. The lowest BCUT2D eigenvalue weighted by Gasteiger charge is -2.35. The minimum atomic E-state index is -0.207. The average molecular weight is 378 g/mol. The van der Waals surface area contributed by atoms with Crippen LogP contribution in [-0.2, 0) is 13.0 Å². The Labute approximate surface area is 163 Å². The van der Waals surface area contributed by atoms with E-state index in [1.54, 1.807) is 0 Å². The van der Waals surface area contributed by atoms with Crippen molar-refractivity contribution < 1.29 is 4.39 Å². The lowest BCUT2D eigenvalue weighted by molar-refractivity contribution is 0.243. The number of rotatable bonds is 5. The first-order valence-electron chi connectivity index (χ1n) is 9.42. The van der Waals surface area contributed by atoms with Gasteiger partial charge in [-0.25, -0.2) is 9.37 Å². The van der Waals surface area contributed by atoms with Crippen LogP contribution in [0.5, 0.6) is 0 Å². The molecule has 2 aromatic carbocycles. The highest BCUT2D eigenvalue weighted by molar-refractivity contribution is 5.46. The quantitative estimate of drug-likeness (QED) is 0.736. The summed E-state index contributed by atoms with van der Waals surface area (Å²) in [5, 5.41) is 0. The molecule has 0 spiro atoms. The summed E-state index contributed by atoms with van der Waals surface area (Å²) in [4.78, 5) is 17.8. The van der Waals surface area contributed by atoms with E-state index in [0.29, 0.717) is 24.6 Å². The first-order valence-corrected chi connectivity index (χ1v) is 9.42. The second-order valence-corrected chi connectivity index (χ2v) is 6.93. The van der Waals surface area contributed by atoms with Crippen LogP contribution in [0.1, 0.15) is 17.2 Å². The maximum absolute atomic E-state index is 13.1. The summed E-state index contributed by atoms with van der Waals surface area (Å²) in [6, 6.07) is 16.8. The smallest absolute Gasteiger partial charge is 0.223 e. The first kappa shape index (κ1) is 18.3. The van der Waals surface area contributed by atoms with Gasteiger partial charge in [-0.2, -0.15) is 9.97 Å². The van der Waals surface area contributed by atoms with E-state index in [2.05, 4.69) is 24.8 Å². The van der Waals surface area contributed by atoms with E-state index >= 15 is 0 Å². The predicted molar refractivity (Wildman–Crippen MR) is 107 cm³/mol. The van der Waals surface area contributed by atoms with Crippen LogP contribution in [0.3, 0.4) is 0 Å². The zero-order chi connectivity index (χ0) is 19.3. The normalized spacial score (nSPS) is 15.0. The van der Waals surface area contributed by atoms with Gasteiger partial charge in [-0.1, -0.05) is 30.3 Å². The Morgan fingerprint density at radius 3 is 2.21 bits per heavy atom. The molecule has 4 rings (SSSR count). The average Bonchev–Trinajstić information content (AvgIpc) is 2.70. The van der Waals surface area contributed by atoms with E-state index in [1.807, 2.05) is 42.5 Å². The summed E-state index contributed by atoms with van der Waals surface area (Å²) in [6.45, 7) is 4.17. The van der Waals surface area contributed by atoms with E-state index in [4.69, 9.17) is 5.73 Å². The van der Waals surface area contributed by atoms with Gasteiger partial charge in [0.2, 0.25) is 5.95 Å². The Morgan fingerprint density at radius 2 is 1.50 bits per heavy atom. The molecule has 3 aromatic rings. The zero-order valence-corrected chi connectivity index (χ0v) is 15.6. The van der Waals surface area contributed by atoms with Crippen molar-refractivity contribution in [3.8, 4) is 0 Å². The number of nitrogens with two attached hydrogens (primary N) is 1. The number of piperazine rings is 1. The summed E-state index contributed by atoms with van der Waals surface area (Å²) in [5.74, 6) is 1.45. The topological polar surface area (TPSA) is 71.2 Å². The van der Waals surface area contributed by atoms with Crippen molar-refractivity contribution >= 4 is 11.6 Å². The summed E-state index contributed by atoms with van der Waals surface area (Å²) >= 11 is 0. The maximum Gasteiger partial charge on any atom is 0.223 e. The van der Waals surface area contributed by atoms with Crippen LogP contribution in [0.4, 0.5) is 16.0 Å². The molecule has 2 N–H and O–H groups in total. The van der Waals surface area contributed by atoms with Gasteiger partial charge in [0.25, 0.3) is 0 Å². The van der Waals surface area contributed by atoms with Gasteiger partial charge in [-0.05, 0) is 29.8 Å². The van der Waals surface area contributed by atoms with Gasteiger partial charge in [-0.15, -0.1) is 0 Å². The molecule has 0 radical (unpaired) electrons. The summed E-state index contributed by atoms with van der Waals surface area (Å²) < 4.78 is 13.1. The standard InChI is InChI=1S/C21H23FN6/c22-17-6-8-18(9-7-17)28-12-10-27(11-13-28)15-20-24-19(25-21(23)26-20)14-16-4-2-1-3-5-16/h1-9H,10-15H2,(H2,23,24,25,26). The lowest BCUT2D eigenvalue weighted by Crippen LogP contribution is -2.46. The highest BCUT2D eigenvalue weighted by Crippen LogP contribution is 2.17. The van der Waals surface area contributed by atoms with Gasteiger partial charge in [0, 0.05) is 38.3 Å². The molecule has 144 valence electrons. The number of benzene rings is 2. The fraction of sp³-hybridized carbons (Fsp3) is 0.286. The Kier molecular flexibility index (Phi) is 5.43. The van der Waals surface area contributed by atoms with E-state index in [9.17, 15) is 4.39 Å². The molecular weight excluding hydrogens is 355 g/mol. The second-order valence-electron chi connectivity index (χ2n) is 6.93. The largest absolute Gasteiger partial charge is 0.369 e. The van der Waals surface area contributed by atoms with E-state index in [0.717, 1.165) is 37.4 Å². The Hall–Kier alpha value is -3.06. The van der Waals surface area contributed by atoms with Crippen LogP contribution in [-0.4, -0.2) is 46.0 Å². The Morgan fingerprint density at radius 1 is 0.821 bits per heavy atom. The van der Waals surface area contributed by atoms with Crippen LogP contribution in [0, 0.1) is 5.82 Å². The molecule has 1 aliphatic rings. The first-order chi connectivity index (χ1) is 13.7. The molecule has 1 saturated heterocycles. The molecule has 0 amide bonds. The minimum Gasteiger partial charge on any atom is -0.369 e. The number of nitrogens with zero attached hydrogens (tertiary/aromatic N) is 5. The van der Waals surface area contributed by atoms with E-state index < -0.39 is 0 Å². The van der Waals surface area contributed by atoms with E-state index in [-0.39, 0.29) is 11.8 Å². The molecular formula is C21H23FN6. The summed E-state index contributed by atoms with van der Waals surface area (Å²) in [6.07, 6.45) is 0.638. The van der Waals surface area contributed by atoms with Gasteiger partial charge in [-0.3, -0.25) is 4.90 Å². The van der Waals surface area contributed by atoms with Crippen LogP contribution >= 0.6 is 0 Å². The summed E-state index contributed by atoms with van der Waals surface area (Å²) in [5.41, 5.74) is 8.11. The van der Waals surface area contributed by atoms with Crippen molar-refractivity contribution in [3.05, 3.63) is 77.6 Å². The van der Waals surface area contributed by atoms with Crippen LogP contribution in [0.25, 0.3) is 0 Å². The maximum atomic E-state index is 13.1. The van der Waals surface area contributed by atoms with Crippen LogP contribution < -0.4 is 10.6 Å². The third kappa shape index (κ3) is 4.61. The fourth-order valence-electron chi connectivity index (χ4n) is 3.43. The van der Waals surface area contributed by atoms with Gasteiger partial charge < -0.3 is 10.6 Å².